The first-order valence-electron chi connectivity index (χ1n) is 11.9. The molecular weight excluding hydrogens is 434 g/mol. The highest BCUT2D eigenvalue weighted by molar-refractivity contribution is 6.01. The number of nitrogen functional groups attached to an aromatic ring is 1. The maximum absolute atomic E-state index is 12.9. The molecule has 186 valence electrons. The lowest BCUT2D eigenvalue weighted by molar-refractivity contribution is -0.109. The summed E-state index contributed by atoms with van der Waals surface area (Å²) < 4.78 is 2.41. The number of nitrogens with two attached hydrogens (primary N) is 1. The molecule has 1 aliphatic rings. The van der Waals surface area contributed by atoms with E-state index in [9.17, 15) is 19.2 Å². The number of rotatable bonds is 9. The van der Waals surface area contributed by atoms with Gasteiger partial charge in [0.05, 0.1) is 13.1 Å². The van der Waals surface area contributed by atoms with Crippen LogP contribution in [0.3, 0.4) is 0 Å². The van der Waals surface area contributed by atoms with Crippen molar-refractivity contribution in [3.8, 4) is 0 Å². The molecule has 0 aliphatic carbocycles. The second kappa shape index (κ2) is 13.5. The molecule has 2 heterocycles. The number of ketones is 1. The molecule has 2 aromatic rings. The average Bonchev–Trinajstić information content (AvgIpc) is 2.82. The standard InChI is InChI=1S/C20H26N4O3.C5H11NO/c1-2-23-19(26)17(16(25)14-22-11-7-4-8-12-22)18(21)24(20(23)27)13-15-9-5-3-6-10-15;1-5(2)3-6-4-7/h3,5-6,9-10H,2,4,7-8,11-14,21H2,1H3;4-5H,3H2,1-2H3,(H,6,7). The lowest BCUT2D eigenvalue weighted by Gasteiger charge is -2.26. The lowest BCUT2D eigenvalue weighted by Crippen LogP contribution is -2.45. The maximum atomic E-state index is 12.9. The van der Waals surface area contributed by atoms with Crippen LogP contribution in [0, 0.1) is 5.92 Å². The van der Waals surface area contributed by atoms with Crippen LogP contribution in [0.2, 0.25) is 0 Å². The normalized spacial score (nSPS) is 13.8. The summed E-state index contributed by atoms with van der Waals surface area (Å²) in [5, 5.41) is 2.57. The van der Waals surface area contributed by atoms with Crippen molar-refractivity contribution in [1.82, 2.24) is 19.4 Å². The Bertz CT molecular complexity index is 1050. The minimum Gasteiger partial charge on any atom is -0.384 e. The zero-order chi connectivity index (χ0) is 25.1. The second-order valence-electron chi connectivity index (χ2n) is 8.84. The van der Waals surface area contributed by atoms with Gasteiger partial charge in [0.2, 0.25) is 6.41 Å². The highest BCUT2D eigenvalue weighted by Crippen LogP contribution is 2.13. The molecule has 9 heteroatoms. The van der Waals surface area contributed by atoms with Crippen LogP contribution in [0.4, 0.5) is 5.82 Å². The number of benzene rings is 1. The monoisotopic (exact) mass is 471 g/mol. The summed E-state index contributed by atoms with van der Waals surface area (Å²) in [7, 11) is 0. The molecule has 1 saturated heterocycles. The number of nitrogens with zero attached hydrogens (tertiary/aromatic N) is 3. The Kier molecular flexibility index (Phi) is 10.7. The molecule has 3 N–H and O–H groups in total. The predicted octanol–water partition coefficient (Wildman–Crippen LogP) is 1.72. The minimum atomic E-state index is -0.591. The summed E-state index contributed by atoms with van der Waals surface area (Å²) in [6, 6.07) is 9.38. The van der Waals surface area contributed by atoms with Gasteiger partial charge in [-0.1, -0.05) is 50.6 Å². The van der Waals surface area contributed by atoms with Crippen molar-refractivity contribution in [3.63, 3.8) is 0 Å². The van der Waals surface area contributed by atoms with Crippen molar-refractivity contribution in [1.29, 1.82) is 0 Å². The smallest absolute Gasteiger partial charge is 0.332 e. The predicted molar refractivity (Wildman–Crippen MR) is 134 cm³/mol. The van der Waals surface area contributed by atoms with Gasteiger partial charge < -0.3 is 11.1 Å². The molecule has 0 spiro atoms. The van der Waals surface area contributed by atoms with Gasteiger partial charge in [0.1, 0.15) is 11.4 Å². The summed E-state index contributed by atoms with van der Waals surface area (Å²) in [5.74, 6) is 0.203. The van der Waals surface area contributed by atoms with E-state index in [-0.39, 0.29) is 36.8 Å². The highest BCUT2D eigenvalue weighted by Gasteiger charge is 2.24. The Morgan fingerprint density at radius 2 is 1.74 bits per heavy atom. The Labute approximate surface area is 200 Å². The number of amides is 1. The molecule has 0 bridgehead atoms. The van der Waals surface area contributed by atoms with E-state index >= 15 is 0 Å². The van der Waals surface area contributed by atoms with E-state index in [0.29, 0.717) is 5.92 Å². The Morgan fingerprint density at radius 1 is 1.09 bits per heavy atom. The van der Waals surface area contributed by atoms with E-state index in [4.69, 9.17) is 5.73 Å². The van der Waals surface area contributed by atoms with Gasteiger partial charge in [-0.2, -0.15) is 0 Å². The fraction of sp³-hybridized carbons (Fsp3) is 0.520. The number of hydrogen-bond acceptors (Lipinski definition) is 6. The van der Waals surface area contributed by atoms with Crippen LogP contribution < -0.4 is 22.3 Å². The van der Waals surface area contributed by atoms with E-state index in [1.54, 1.807) is 6.92 Å². The Balaban J connectivity index is 0.000000509. The third kappa shape index (κ3) is 7.41. The van der Waals surface area contributed by atoms with Gasteiger partial charge in [0.15, 0.2) is 5.78 Å². The SMILES string of the molecule is CC(C)CNC=O.CCn1c(=O)c(C(=O)CN2CCCCC2)c(N)n(Cc2ccccc2)c1=O. The van der Waals surface area contributed by atoms with Gasteiger partial charge in [-0.15, -0.1) is 0 Å². The molecule has 0 saturated carbocycles. The number of aromatic nitrogens is 2. The summed E-state index contributed by atoms with van der Waals surface area (Å²) in [6.07, 6.45) is 3.99. The zero-order valence-electron chi connectivity index (χ0n) is 20.5. The van der Waals surface area contributed by atoms with Crippen LogP contribution in [-0.4, -0.2) is 52.4 Å². The summed E-state index contributed by atoms with van der Waals surface area (Å²) >= 11 is 0. The van der Waals surface area contributed by atoms with E-state index < -0.39 is 11.2 Å². The number of nitrogens with one attached hydrogen (secondary N) is 1. The maximum Gasteiger partial charge on any atom is 0.332 e. The number of anilines is 1. The minimum absolute atomic E-state index is 0.0411. The van der Waals surface area contributed by atoms with Gasteiger partial charge in [0, 0.05) is 13.1 Å². The first-order valence-corrected chi connectivity index (χ1v) is 11.9. The van der Waals surface area contributed by atoms with Crippen molar-refractivity contribution < 1.29 is 9.59 Å². The van der Waals surface area contributed by atoms with Crippen molar-refractivity contribution >= 4 is 18.0 Å². The third-order valence-electron chi connectivity index (χ3n) is 5.67. The fourth-order valence-electron chi connectivity index (χ4n) is 3.86. The molecule has 0 unspecified atom stereocenters. The van der Waals surface area contributed by atoms with E-state index in [1.165, 1.54) is 4.57 Å². The summed E-state index contributed by atoms with van der Waals surface area (Å²) in [5.41, 5.74) is 5.90. The molecular formula is C25H37N5O4. The van der Waals surface area contributed by atoms with Crippen LogP contribution in [-0.2, 0) is 17.9 Å². The average molecular weight is 472 g/mol. The van der Waals surface area contributed by atoms with Crippen molar-refractivity contribution in [2.45, 2.75) is 53.1 Å². The lowest BCUT2D eigenvalue weighted by atomic mass is 10.1. The molecule has 1 amide bonds. The molecule has 1 aromatic carbocycles. The number of piperidine rings is 1. The summed E-state index contributed by atoms with van der Waals surface area (Å²) in [4.78, 5) is 50.0. The molecule has 3 rings (SSSR count). The van der Waals surface area contributed by atoms with Crippen LogP contribution in [0.15, 0.2) is 39.9 Å². The first kappa shape index (κ1) is 27.0. The molecule has 34 heavy (non-hydrogen) atoms. The third-order valence-corrected chi connectivity index (χ3v) is 5.67. The van der Waals surface area contributed by atoms with Gasteiger partial charge in [-0.3, -0.25) is 28.4 Å². The van der Waals surface area contributed by atoms with Gasteiger partial charge in [0.25, 0.3) is 5.56 Å². The molecule has 0 atom stereocenters. The number of carbonyl (C=O) groups is 2. The largest absolute Gasteiger partial charge is 0.384 e. The summed E-state index contributed by atoms with van der Waals surface area (Å²) in [6.45, 7) is 8.86. The molecule has 9 nitrogen and oxygen atoms in total. The number of carbonyl (C=O) groups excluding carboxylic acids is 2. The van der Waals surface area contributed by atoms with E-state index in [0.717, 1.165) is 55.4 Å². The molecule has 1 aromatic heterocycles. The van der Waals surface area contributed by atoms with Gasteiger partial charge in [-0.05, 0) is 44.3 Å². The van der Waals surface area contributed by atoms with Crippen molar-refractivity contribution in [2.75, 3.05) is 31.9 Å². The number of likely N-dealkylation sites (tertiary alicyclic amines) is 1. The Morgan fingerprint density at radius 3 is 2.26 bits per heavy atom. The highest BCUT2D eigenvalue weighted by atomic mass is 16.2. The van der Waals surface area contributed by atoms with Crippen LogP contribution in [0.25, 0.3) is 0 Å². The fourth-order valence-corrected chi connectivity index (χ4v) is 3.86. The number of Topliss-reactive ketones (excluding diaryl/α,β-unsaturated/α-hetero) is 1. The zero-order valence-corrected chi connectivity index (χ0v) is 20.5. The molecule has 1 fully saturated rings. The van der Waals surface area contributed by atoms with Crippen molar-refractivity contribution in [3.05, 3.63) is 62.3 Å². The van der Waals surface area contributed by atoms with E-state index in [2.05, 4.69) is 19.2 Å². The quantitative estimate of drug-likeness (QED) is 0.425. The molecule has 0 radical (unpaired) electrons. The van der Waals surface area contributed by atoms with Gasteiger partial charge in [-0.25, -0.2) is 4.79 Å². The van der Waals surface area contributed by atoms with Gasteiger partial charge >= 0.3 is 5.69 Å². The van der Waals surface area contributed by atoms with E-state index in [1.807, 2.05) is 35.2 Å². The van der Waals surface area contributed by atoms with Crippen LogP contribution >= 0.6 is 0 Å². The van der Waals surface area contributed by atoms with Crippen molar-refractivity contribution in [2.24, 2.45) is 5.92 Å². The Hall–Kier alpha value is -3.20. The second-order valence-corrected chi connectivity index (χ2v) is 8.84. The molecule has 1 aliphatic heterocycles. The van der Waals surface area contributed by atoms with Crippen LogP contribution in [0.1, 0.15) is 56.0 Å². The first-order chi connectivity index (χ1) is 16.3. The number of hydrogen-bond donors (Lipinski definition) is 2. The van der Waals surface area contributed by atoms with Crippen LogP contribution in [0.5, 0.6) is 0 Å². The topological polar surface area (TPSA) is 119 Å².